The van der Waals surface area contributed by atoms with Gasteiger partial charge < -0.3 is 44.0 Å². The molecular weight excluding hydrogens is 506 g/mol. The van der Waals surface area contributed by atoms with Gasteiger partial charge >= 0.3 is 6.09 Å². The molecule has 1 aromatic carbocycles. The van der Waals surface area contributed by atoms with E-state index in [0.29, 0.717) is 84.7 Å². The second-order valence-corrected chi connectivity index (χ2v) is 10.1. The molecule has 0 aromatic heterocycles. The minimum absolute atomic E-state index is 0.117. The topological polar surface area (TPSA) is 117 Å². The van der Waals surface area contributed by atoms with E-state index in [1.165, 1.54) is 0 Å². The summed E-state index contributed by atoms with van der Waals surface area (Å²) in [5.41, 5.74) is 0.951. The lowest BCUT2D eigenvalue weighted by Gasteiger charge is -2.26. The lowest BCUT2D eigenvalue weighted by atomic mass is 10.1. The normalized spacial score (nSPS) is 14.3. The number of nitrogens with one attached hydrogen (secondary N) is 2. The van der Waals surface area contributed by atoms with Crippen LogP contribution in [0.25, 0.3) is 0 Å². The molecule has 2 amide bonds. The van der Waals surface area contributed by atoms with Crippen LogP contribution >= 0.6 is 0 Å². The molecule has 222 valence electrons. The van der Waals surface area contributed by atoms with Crippen LogP contribution in [0.4, 0.5) is 10.5 Å². The molecule has 0 aliphatic carbocycles. The molecule has 11 heteroatoms. The number of nitrogens with zero attached hydrogens (tertiary/aromatic N) is 1. The number of alkyl carbamates (subject to hydrolysis) is 1. The summed E-state index contributed by atoms with van der Waals surface area (Å²) in [4.78, 5) is 27.4. The quantitative estimate of drug-likeness (QED) is 0.249. The van der Waals surface area contributed by atoms with E-state index in [1.807, 2.05) is 24.3 Å². The average molecular weight is 554 g/mol. The zero-order valence-electron chi connectivity index (χ0n) is 24.0. The molecule has 1 saturated heterocycles. The number of hydrogen-bond acceptors (Lipinski definition) is 9. The number of hydrogen-bond donors (Lipinski definition) is 2. The molecule has 39 heavy (non-hydrogen) atoms. The standard InChI is InChI=1S/C28H47N3O8/c1-28(2,3)39-27(33)30-25(26(32)31-12-5-6-13-31)23-7-9-24(10-8-23)29-11-14-35-17-18-37-21-22-38-20-19-36-16-15-34-4/h7-10,25,29H,5-6,11-22H2,1-4H3,(H,30,33). The highest BCUT2D eigenvalue weighted by atomic mass is 16.6. The Bertz CT molecular complexity index is 810. The third-order valence-corrected chi connectivity index (χ3v) is 5.69. The summed E-state index contributed by atoms with van der Waals surface area (Å²) in [7, 11) is 1.64. The summed E-state index contributed by atoms with van der Waals surface area (Å²) in [5.74, 6) is -0.117. The molecule has 1 unspecified atom stereocenters. The number of carbonyl (C=O) groups is 2. The maximum atomic E-state index is 13.2. The Morgan fingerprint density at radius 1 is 0.821 bits per heavy atom. The van der Waals surface area contributed by atoms with Crippen molar-refractivity contribution in [2.24, 2.45) is 0 Å². The van der Waals surface area contributed by atoms with Crippen molar-refractivity contribution in [1.29, 1.82) is 0 Å². The van der Waals surface area contributed by atoms with Gasteiger partial charge in [-0.05, 0) is 51.3 Å². The van der Waals surface area contributed by atoms with Crippen molar-refractivity contribution >= 4 is 17.7 Å². The third kappa shape index (κ3) is 14.5. The van der Waals surface area contributed by atoms with Crippen LogP contribution < -0.4 is 10.6 Å². The van der Waals surface area contributed by atoms with Gasteiger partial charge in [-0.15, -0.1) is 0 Å². The predicted molar refractivity (Wildman–Crippen MR) is 148 cm³/mol. The lowest BCUT2D eigenvalue weighted by molar-refractivity contribution is -0.132. The Morgan fingerprint density at radius 3 is 1.85 bits per heavy atom. The van der Waals surface area contributed by atoms with Gasteiger partial charge in [0.15, 0.2) is 0 Å². The average Bonchev–Trinajstić information content (AvgIpc) is 3.44. The molecule has 1 fully saturated rings. The van der Waals surface area contributed by atoms with E-state index in [0.717, 1.165) is 18.5 Å². The minimum atomic E-state index is -0.796. The van der Waals surface area contributed by atoms with Crippen LogP contribution in [0.5, 0.6) is 0 Å². The van der Waals surface area contributed by atoms with Gasteiger partial charge in [-0.1, -0.05) is 12.1 Å². The Kier molecular flexibility index (Phi) is 15.8. The Labute approximate surface area is 232 Å². The second-order valence-electron chi connectivity index (χ2n) is 10.1. The molecule has 1 aliphatic rings. The van der Waals surface area contributed by atoms with E-state index in [4.69, 9.17) is 28.4 Å². The first-order chi connectivity index (χ1) is 18.8. The van der Waals surface area contributed by atoms with Gasteiger partial charge in [0.1, 0.15) is 11.6 Å². The fourth-order valence-electron chi connectivity index (χ4n) is 3.80. The van der Waals surface area contributed by atoms with Crippen LogP contribution in [0.3, 0.4) is 0 Å². The van der Waals surface area contributed by atoms with Gasteiger partial charge in [-0.3, -0.25) is 4.79 Å². The van der Waals surface area contributed by atoms with Crippen molar-refractivity contribution in [3.63, 3.8) is 0 Å². The SMILES string of the molecule is COCCOCCOCCOCCOCCNc1ccc(C(NC(=O)OC(C)(C)C)C(=O)N2CCCC2)cc1. The summed E-state index contributed by atoms with van der Waals surface area (Å²) >= 11 is 0. The zero-order valence-corrected chi connectivity index (χ0v) is 24.0. The van der Waals surface area contributed by atoms with Crippen molar-refractivity contribution < 1.29 is 38.0 Å². The van der Waals surface area contributed by atoms with Crippen molar-refractivity contribution in [3.05, 3.63) is 29.8 Å². The zero-order chi connectivity index (χ0) is 28.3. The first-order valence-corrected chi connectivity index (χ1v) is 13.7. The van der Waals surface area contributed by atoms with E-state index in [1.54, 1.807) is 32.8 Å². The minimum Gasteiger partial charge on any atom is -0.444 e. The summed E-state index contributed by atoms with van der Waals surface area (Å²) in [6.07, 6.45) is 1.34. The molecule has 0 radical (unpaired) electrons. The monoisotopic (exact) mass is 553 g/mol. The van der Waals surface area contributed by atoms with Gasteiger partial charge in [0.05, 0.1) is 59.5 Å². The molecular formula is C28H47N3O8. The first kappa shape index (κ1) is 32.8. The molecule has 0 saturated carbocycles. The van der Waals surface area contributed by atoms with Gasteiger partial charge in [0, 0.05) is 32.4 Å². The van der Waals surface area contributed by atoms with Gasteiger partial charge in [0.25, 0.3) is 0 Å². The lowest BCUT2D eigenvalue weighted by Crippen LogP contribution is -2.43. The molecule has 2 N–H and O–H groups in total. The first-order valence-electron chi connectivity index (χ1n) is 13.7. The summed E-state index contributed by atoms with van der Waals surface area (Å²) in [5, 5.41) is 6.06. The van der Waals surface area contributed by atoms with E-state index in [2.05, 4.69) is 10.6 Å². The molecule has 11 nitrogen and oxygen atoms in total. The van der Waals surface area contributed by atoms with Crippen molar-refractivity contribution in [2.45, 2.75) is 45.3 Å². The number of benzene rings is 1. The number of carbonyl (C=O) groups excluding carboxylic acids is 2. The molecule has 1 aliphatic heterocycles. The fraction of sp³-hybridized carbons (Fsp3) is 0.714. The number of amides is 2. The number of rotatable bonds is 19. The molecule has 1 aromatic rings. The Balaban J connectivity index is 1.64. The maximum Gasteiger partial charge on any atom is 0.408 e. The van der Waals surface area contributed by atoms with E-state index in [-0.39, 0.29) is 5.91 Å². The van der Waals surface area contributed by atoms with Gasteiger partial charge in [-0.25, -0.2) is 4.79 Å². The highest BCUT2D eigenvalue weighted by Crippen LogP contribution is 2.22. The maximum absolute atomic E-state index is 13.2. The van der Waals surface area contributed by atoms with Crippen LogP contribution in [0.2, 0.25) is 0 Å². The second kappa shape index (κ2) is 18.8. The summed E-state index contributed by atoms with van der Waals surface area (Å²) < 4.78 is 32.1. The molecule has 1 atom stereocenters. The highest BCUT2D eigenvalue weighted by molar-refractivity contribution is 5.87. The Hall–Kier alpha value is -2.44. The largest absolute Gasteiger partial charge is 0.444 e. The fourth-order valence-corrected chi connectivity index (χ4v) is 3.80. The number of ether oxygens (including phenoxy) is 6. The third-order valence-electron chi connectivity index (χ3n) is 5.69. The molecule has 2 rings (SSSR count). The predicted octanol–water partition coefficient (Wildman–Crippen LogP) is 3.00. The highest BCUT2D eigenvalue weighted by Gasteiger charge is 2.30. The van der Waals surface area contributed by atoms with E-state index < -0.39 is 17.7 Å². The summed E-state index contributed by atoms with van der Waals surface area (Å²) in [6, 6.07) is 6.68. The van der Waals surface area contributed by atoms with Crippen LogP contribution in [0.15, 0.2) is 24.3 Å². The van der Waals surface area contributed by atoms with Crippen molar-refractivity contribution in [3.8, 4) is 0 Å². The number of likely N-dealkylation sites (tertiary alicyclic amines) is 1. The molecule has 0 bridgehead atoms. The van der Waals surface area contributed by atoms with Crippen LogP contribution in [-0.2, 0) is 33.2 Å². The molecule has 0 spiro atoms. The van der Waals surface area contributed by atoms with Gasteiger partial charge in [-0.2, -0.15) is 0 Å². The van der Waals surface area contributed by atoms with Gasteiger partial charge in [0.2, 0.25) is 5.91 Å². The smallest absolute Gasteiger partial charge is 0.408 e. The Morgan fingerprint density at radius 2 is 1.33 bits per heavy atom. The number of anilines is 1. The summed E-state index contributed by atoms with van der Waals surface area (Å²) in [6.45, 7) is 12.2. The van der Waals surface area contributed by atoms with E-state index in [9.17, 15) is 9.59 Å². The van der Waals surface area contributed by atoms with Crippen molar-refractivity contribution in [2.75, 3.05) is 91.5 Å². The van der Waals surface area contributed by atoms with Crippen LogP contribution in [-0.4, -0.2) is 109 Å². The van der Waals surface area contributed by atoms with Crippen LogP contribution in [0.1, 0.15) is 45.2 Å². The van der Waals surface area contributed by atoms with E-state index >= 15 is 0 Å². The van der Waals surface area contributed by atoms with Crippen LogP contribution in [0, 0.1) is 0 Å². The molecule has 1 heterocycles. The number of methoxy groups -OCH3 is 1. The van der Waals surface area contributed by atoms with Crippen molar-refractivity contribution in [1.82, 2.24) is 10.2 Å².